The zero-order valence-electron chi connectivity index (χ0n) is 13.8. The number of carbonyl (C=O) groups excluding carboxylic acids is 2. The van der Waals surface area contributed by atoms with E-state index < -0.39 is 16.9 Å². The Balaban J connectivity index is 1.77. The van der Waals surface area contributed by atoms with Crippen molar-refractivity contribution >= 4 is 29.7 Å². The number of anilines is 1. The maximum atomic E-state index is 11.7. The number of rotatable bonds is 6. The fourth-order valence-corrected chi connectivity index (χ4v) is 1.87. The lowest BCUT2D eigenvalue weighted by Gasteiger charge is -2.06. The van der Waals surface area contributed by atoms with Crippen LogP contribution in [0.4, 0.5) is 16.3 Å². The van der Waals surface area contributed by atoms with Crippen molar-refractivity contribution in [2.75, 3.05) is 11.9 Å². The van der Waals surface area contributed by atoms with Gasteiger partial charge >= 0.3 is 6.03 Å². The van der Waals surface area contributed by atoms with E-state index in [4.69, 9.17) is 0 Å². The third-order valence-electron chi connectivity index (χ3n) is 3.02. The van der Waals surface area contributed by atoms with E-state index in [1.54, 1.807) is 31.2 Å². The summed E-state index contributed by atoms with van der Waals surface area (Å²) < 4.78 is 0. The van der Waals surface area contributed by atoms with E-state index in [1.807, 2.05) is 0 Å². The average Bonchev–Trinajstić information content (AvgIpc) is 2.60. The van der Waals surface area contributed by atoms with Gasteiger partial charge in [-0.1, -0.05) is 18.2 Å². The molecular formula is C16H16N6O4. The van der Waals surface area contributed by atoms with E-state index >= 15 is 0 Å². The van der Waals surface area contributed by atoms with Gasteiger partial charge < -0.3 is 5.32 Å². The van der Waals surface area contributed by atoms with Gasteiger partial charge in [0.05, 0.1) is 11.1 Å². The summed E-state index contributed by atoms with van der Waals surface area (Å²) in [4.78, 5) is 37.6. The van der Waals surface area contributed by atoms with Gasteiger partial charge in [0.15, 0.2) is 0 Å². The van der Waals surface area contributed by atoms with E-state index in [-0.39, 0.29) is 12.2 Å². The van der Waals surface area contributed by atoms with Crippen molar-refractivity contribution in [2.45, 2.75) is 6.92 Å². The molecule has 0 unspecified atom stereocenters. The van der Waals surface area contributed by atoms with E-state index in [1.165, 1.54) is 24.4 Å². The van der Waals surface area contributed by atoms with Crippen LogP contribution >= 0.6 is 0 Å². The van der Waals surface area contributed by atoms with Crippen molar-refractivity contribution in [3.05, 3.63) is 63.8 Å². The molecule has 0 fully saturated rings. The van der Waals surface area contributed by atoms with Crippen molar-refractivity contribution < 1.29 is 14.5 Å². The van der Waals surface area contributed by atoms with Gasteiger partial charge in [-0.2, -0.15) is 5.10 Å². The summed E-state index contributed by atoms with van der Waals surface area (Å²) in [5.41, 5.74) is 3.33. The summed E-state index contributed by atoms with van der Waals surface area (Å²) in [6.07, 6.45) is 1.27. The van der Waals surface area contributed by atoms with Crippen molar-refractivity contribution in [1.82, 2.24) is 15.7 Å². The smallest absolute Gasteiger partial charge is 0.320 e. The summed E-state index contributed by atoms with van der Waals surface area (Å²) in [5, 5.41) is 19.2. The van der Waals surface area contributed by atoms with Crippen LogP contribution in [0, 0.1) is 17.0 Å². The first-order valence-electron chi connectivity index (χ1n) is 7.49. The molecule has 2 rings (SSSR count). The molecule has 0 bridgehead atoms. The Morgan fingerprint density at radius 3 is 2.77 bits per heavy atom. The molecule has 0 spiro atoms. The number of pyridine rings is 1. The first-order chi connectivity index (χ1) is 12.4. The number of urea groups is 1. The lowest BCUT2D eigenvalue weighted by Crippen LogP contribution is -2.37. The van der Waals surface area contributed by atoms with Gasteiger partial charge in [0.1, 0.15) is 12.4 Å². The van der Waals surface area contributed by atoms with Crippen molar-refractivity contribution in [3.8, 4) is 0 Å². The van der Waals surface area contributed by atoms with E-state index in [0.717, 1.165) is 5.69 Å². The van der Waals surface area contributed by atoms with Gasteiger partial charge in [-0.3, -0.25) is 20.2 Å². The molecule has 10 nitrogen and oxygen atoms in total. The number of non-ortho nitro benzene ring substituents is 1. The summed E-state index contributed by atoms with van der Waals surface area (Å²) in [6.45, 7) is 1.49. The second kappa shape index (κ2) is 8.87. The number of aryl methyl sites for hydroxylation is 1. The van der Waals surface area contributed by atoms with Crippen LogP contribution in [0.3, 0.4) is 0 Å². The number of hydrazone groups is 1. The van der Waals surface area contributed by atoms with Crippen LogP contribution < -0.4 is 16.1 Å². The minimum Gasteiger partial charge on any atom is -0.329 e. The van der Waals surface area contributed by atoms with Crippen molar-refractivity contribution in [2.24, 2.45) is 5.10 Å². The van der Waals surface area contributed by atoms with Crippen LogP contribution in [0.5, 0.6) is 0 Å². The molecule has 2 aromatic rings. The fraction of sp³-hybridized carbons (Fsp3) is 0.125. The largest absolute Gasteiger partial charge is 0.329 e. The van der Waals surface area contributed by atoms with Crippen LogP contribution in [-0.2, 0) is 4.79 Å². The van der Waals surface area contributed by atoms with Crippen LogP contribution in [0.15, 0.2) is 47.6 Å². The molecule has 0 saturated carbocycles. The normalized spacial score (nSPS) is 10.3. The third kappa shape index (κ3) is 6.00. The van der Waals surface area contributed by atoms with Crippen molar-refractivity contribution in [3.63, 3.8) is 0 Å². The number of nitro benzene ring substituents is 1. The standard InChI is InChI=1S/C16H16N6O4/c1-11-4-2-7-14(19-11)20-16(24)17-10-15(23)21-18-9-12-5-3-6-13(8-12)22(25)26/h2-9H,10H2,1H3,(H,21,23)(H2,17,19,20,24)/b18-9+. The number of amides is 3. The molecule has 1 heterocycles. The molecule has 3 amide bonds. The highest BCUT2D eigenvalue weighted by molar-refractivity contribution is 5.91. The minimum atomic E-state index is -0.582. The second-order valence-corrected chi connectivity index (χ2v) is 5.12. The zero-order chi connectivity index (χ0) is 18.9. The average molecular weight is 356 g/mol. The predicted molar refractivity (Wildman–Crippen MR) is 94.8 cm³/mol. The molecule has 1 aromatic carbocycles. The van der Waals surface area contributed by atoms with Gasteiger partial charge in [-0.25, -0.2) is 15.2 Å². The summed E-state index contributed by atoms with van der Waals surface area (Å²) in [5.74, 6) is -0.189. The van der Waals surface area contributed by atoms with Gasteiger partial charge in [0.2, 0.25) is 0 Å². The molecule has 0 aliphatic rings. The number of nitrogens with one attached hydrogen (secondary N) is 3. The van der Waals surface area contributed by atoms with E-state index in [9.17, 15) is 19.7 Å². The number of hydrogen-bond donors (Lipinski definition) is 3. The number of nitro groups is 1. The fourth-order valence-electron chi connectivity index (χ4n) is 1.87. The first kappa shape index (κ1) is 18.5. The number of nitrogens with zero attached hydrogens (tertiary/aromatic N) is 3. The Morgan fingerprint density at radius 1 is 1.27 bits per heavy atom. The van der Waals surface area contributed by atoms with Gasteiger partial charge in [0, 0.05) is 23.4 Å². The highest BCUT2D eigenvalue weighted by atomic mass is 16.6. The summed E-state index contributed by atoms with van der Waals surface area (Å²) in [6, 6.07) is 10.3. The van der Waals surface area contributed by atoms with Gasteiger partial charge in [0.25, 0.3) is 11.6 Å². The molecule has 0 aliphatic heterocycles. The lowest BCUT2D eigenvalue weighted by atomic mass is 10.2. The Morgan fingerprint density at radius 2 is 2.04 bits per heavy atom. The quantitative estimate of drug-likeness (QED) is 0.409. The van der Waals surface area contributed by atoms with Crippen LogP contribution in [-0.4, -0.2) is 34.6 Å². The van der Waals surface area contributed by atoms with E-state index in [0.29, 0.717) is 11.4 Å². The zero-order valence-corrected chi connectivity index (χ0v) is 13.8. The molecule has 1 aromatic heterocycles. The molecule has 134 valence electrons. The second-order valence-electron chi connectivity index (χ2n) is 5.12. The highest BCUT2D eigenvalue weighted by Crippen LogP contribution is 2.11. The predicted octanol–water partition coefficient (Wildman–Crippen LogP) is 1.57. The maximum absolute atomic E-state index is 11.7. The van der Waals surface area contributed by atoms with Gasteiger partial charge in [-0.05, 0) is 19.1 Å². The number of hydrogen-bond acceptors (Lipinski definition) is 6. The topological polar surface area (TPSA) is 139 Å². The monoisotopic (exact) mass is 356 g/mol. The molecule has 0 radical (unpaired) electrons. The molecule has 0 aliphatic carbocycles. The maximum Gasteiger partial charge on any atom is 0.320 e. The summed E-state index contributed by atoms with van der Waals surface area (Å²) in [7, 11) is 0. The number of benzene rings is 1. The summed E-state index contributed by atoms with van der Waals surface area (Å²) >= 11 is 0. The number of carbonyl (C=O) groups is 2. The SMILES string of the molecule is Cc1cccc(NC(=O)NCC(=O)N/N=C/c2cccc([N+](=O)[O-])c2)n1. The van der Waals surface area contributed by atoms with Crippen LogP contribution in [0.25, 0.3) is 0 Å². The number of aromatic nitrogens is 1. The Labute approximate surface area is 148 Å². The van der Waals surface area contributed by atoms with Crippen LogP contribution in [0.1, 0.15) is 11.3 Å². The Hall–Kier alpha value is -3.82. The van der Waals surface area contributed by atoms with Crippen molar-refractivity contribution in [1.29, 1.82) is 0 Å². The molecule has 0 saturated heterocycles. The Kier molecular flexibility index (Phi) is 6.32. The minimum absolute atomic E-state index is 0.0802. The van der Waals surface area contributed by atoms with E-state index in [2.05, 4.69) is 26.1 Å². The Bertz CT molecular complexity index is 852. The molecule has 26 heavy (non-hydrogen) atoms. The molecule has 3 N–H and O–H groups in total. The third-order valence-corrected chi connectivity index (χ3v) is 3.02. The molecular weight excluding hydrogens is 340 g/mol. The first-order valence-corrected chi connectivity index (χ1v) is 7.49. The van der Waals surface area contributed by atoms with Crippen LogP contribution in [0.2, 0.25) is 0 Å². The highest BCUT2D eigenvalue weighted by Gasteiger charge is 2.06. The molecule has 10 heteroatoms. The van der Waals surface area contributed by atoms with Gasteiger partial charge in [-0.15, -0.1) is 0 Å². The lowest BCUT2D eigenvalue weighted by molar-refractivity contribution is -0.384. The molecule has 0 atom stereocenters.